The van der Waals surface area contributed by atoms with Crippen LogP contribution >= 0.6 is 22.9 Å². The Morgan fingerprint density at radius 2 is 1.64 bits per heavy atom. The minimum Gasteiger partial charge on any atom is -0.379 e. The summed E-state index contributed by atoms with van der Waals surface area (Å²) in [6.07, 6.45) is 1.06. The van der Waals surface area contributed by atoms with Gasteiger partial charge in [0.1, 0.15) is 16.9 Å². The second-order valence-corrected chi connectivity index (χ2v) is 13.9. The lowest BCUT2D eigenvalue weighted by molar-refractivity contribution is -0.121. The van der Waals surface area contributed by atoms with Crippen LogP contribution in [0.2, 0.25) is 5.02 Å². The molecule has 0 saturated carbocycles. The number of thiophene rings is 1. The first-order valence-corrected chi connectivity index (χ1v) is 18.4. The Bertz CT molecular complexity index is 1630. The topological polar surface area (TPSA) is 155 Å². The molecule has 3 aromatic rings. The van der Waals surface area contributed by atoms with Crippen molar-refractivity contribution in [2.75, 3.05) is 92.0 Å². The number of azide groups is 1. The Kier molecular flexibility index (Phi) is 14.6. The van der Waals surface area contributed by atoms with Crippen LogP contribution in [0.5, 0.6) is 0 Å². The van der Waals surface area contributed by atoms with Gasteiger partial charge >= 0.3 is 0 Å². The number of hydrogen-bond acceptors (Lipinski definition) is 11. The van der Waals surface area contributed by atoms with Crippen LogP contribution in [-0.2, 0) is 19.0 Å². The van der Waals surface area contributed by atoms with Crippen molar-refractivity contribution in [2.45, 2.75) is 39.7 Å². The zero-order valence-corrected chi connectivity index (χ0v) is 30.7. The average Bonchev–Trinajstić information content (AvgIpc) is 3.59. The number of aliphatic imine (C=N–C) groups is 1. The smallest absolute Gasteiger partial charge is 0.222 e. The van der Waals surface area contributed by atoms with Gasteiger partial charge in [0.05, 0.1) is 51.8 Å². The maximum atomic E-state index is 13.3. The number of aryl methyl sites for hydroxylation is 2. The predicted octanol–water partition coefficient (Wildman–Crippen LogP) is 4.67. The number of hydrogen-bond donors (Lipinski definition) is 1. The first-order chi connectivity index (χ1) is 24.4. The highest BCUT2D eigenvalue weighted by Gasteiger charge is 2.32. The highest BCUT2D eigenvalue weighted by Crippen LogP contribution is 2.39. The van der Waals surface area contributed by atoms with Gasteiger partial charge in [-0.3, -0.25) is 19.3 Å². The van der Waals surface area contributed by atoms with Crippen LogP contribution in [0.4, 0.5) is 0 Å². The maximum absolute atomic E-state index is 13.3. The van der Waals surface area contributed by atoms with E-state index < -0.39 is 6.04 Å². The van der Waals surface area contributed by atoms with Crippen LogP contribution in [-0.4, -0.2) is 128 Å². The van der Waals surface area contributed by atoms with E-state index in [-0.39, 0.29) is 12.3 Å². The molecule has 0 radical (unpaired) electrons. The van der Waals surface area contributed by atoms with E-state index in [2.05, 4.69) is 53.8 Å². The second kappa shape index (κ2) is 19.3. The molecule has 2 aliphatic heterocycles. The molecule has 0 bridgehead atoms. The Hall–Kier alpha value is -3.40. The third kappa shape index (κ3) is 10.3. The quantitative estimate of drug-likeness (QED) is 0.0809. The number of piperazine rings is 1. The van der Waals surface area contributed by atoms with Gasteiger partial charge in [0.25, 0.3) is 0 Å². The number of fused-ring (bicyclic) bond motifs is 3. The molecule has 4 heterocycles. The third-order valence-electron chi connectivity index (χ3n) is 8.87. The van der Waals surface area contributed by atoms with Crippen LogP contribution in [0.1, 0.15) is 52.1 Å². The van der Waals surface area contributed by atoms with Crippen molar-refractivity contribution < 1.29 is 19.0 Å². The zero-order chi connectivity index (χ0) is 35.3. The molecule has 0 spiro atoms. The summed E-state index contributed by atoms with van der Waals surface area (Å²) in [7, 11) is 0. The Morgan fingerprint density at radius 3 is 2.34 bits per heavy atom. The summed E-state index contributed by atoms with van der Waals surface area (Å²) in [6, 6.07) is 7.24. The van der Waals surface area contributed by atoms with Gasteiger partial charge < -0.3 is 24.4 Å². The van der Waals surface area contributed by atoms with Crippen LogP contribution < -0.4 is 5.32 Å². The van der Waals surface area contributed by atoms with Gasteiger partial charge in [-0.25, -0.2) is 0 Å². The van der Waals surface area contributed by atoms with Crippen molar-refractivity contribution in [3.8, 4) is 5.00 Å². The number of halogens is 1. The van der Waals surface area contributed by atoms with Crippen molar-refractivity contribution in [1.82, 2.24) is 29.9 Å². The maximum Gasteiger partial charge on any atom is 0.222 e. The highest BCUT2D eigenvalue weighted by atomic mass is 35.5. The molecule has 2 aliphatic rings. The van der Waals surface area contributed by atoms with Crippen molar-refractivity contribution in [3.63, 3.8) is 0 Å². The highest BCUT2D eigenvalue weighted by molar-refractivity contribution is 7.15. The Morgan fingerprint density at radius 1 is 0.980 bits per heavy atom. The van der Waals surface area contributed by atoms with E-state index >= 15 is 0 Å². The molecule has 50 heavy (non-hydrogen) atoms. The van der Waals surface area contributed by atoms with E-state index in [1.54, 1.807) is 11.3 Å². The molecule has 1 unspecified atom stereocenters. The molecule has 2 aromatic heterocycles. The second-order valence-electron chi connectivity index (χ2n) is 12.3. The predicted molar refractivity (Wildman–Crippen MR) is 195 cm³/mol. The number of carbonyl (C=O) groups excluding carboxylic acids is 1. The number of nitrogens with zero attached hydrogens (tertiary/aromatic N) is 9. The molecule has 0 aliphatic carbocycles. The third-order valence-corrected chi connectivity index (χ3v) is 10.3. The van der Waals surface area contributed by atoms with Crippen molar-refractivity contribution in [1.29, 1.82) is 0 Å². The summed E-state index contributed by atoms with van der Waals surface area (Å²) in [5, 5.41) is 17.1. The summed E-state index contributed by atoms with van der Waals surface area (Å²) in [4.78, 5) is 27.3. The first kappa shape index (κ1) is 37.8. The fourth-order valence-electron chi connectivity index (χ4n) is 6.03. The molecule has 16 heteroatoms. The summed E-state index contributed by atoms with van der Waals surface area (Å²) in [5.74, 6) is 1.41. The van der Waals surface area contributed by atoms with Crippen LogP contribution in [0, 0.1) is 20.8 Å². The number of aromatic nitrogens is 3. The van der Waals surface area contributed by atoms with Crippen LogP contribution in [0.15, 0.2) is 34.4 Å². The lowest BCUT2D eigenvalue weighted by Gasteiger charge is -2.34. The summed E-state index contributed by atoms with van der Waals surface area (Å²) >= 11 is 7.93. The van der Waals surface area contributed by atoms with Crippen LogP contribution in [0.3, 0.4) is 0 Å². The molecule has 14 nitrogen and oxygen atoms in total. The van der Waals surface area contributed by atoms with Gasteiger partial charge in [0, 0.05) is 71.8 Å². The van der Waals surface area contributed by atoms with E-state index in [1.165, 1.54) is 10.4 Å². The van der Waals surface area contributed by atoms with Gasteiger partial charge in [0.15, 0.2) is 5.82 Å². The minimum atomic E-state index is -0.479. The van der Waals surface area contributed by atoms with Gasteiger partial charge in [0.2, 0.25) is 5.91 Å². The fourth-order valence-corrected chi connectivity index (χ4v) is 7.37. The summed E-state index contributed by atoms with van der Waals surface area (Å²) in [5.41, 5.74) is 12.2. The van der Waals surface area contributed by atoms with Crippen LogP contribution in [0.25, 0.3) is 15.4 Å². The molecule has 1 N–H and O–H groups in total. The van der Waals surface area contributed by atoms with E-state index in [0.717, 1.165) is 73.4 Å². The molecule has 1 amide bonds. The lowest BCUT2D eigenvalue weighted by atomic mass is 9.99. The Labute approximate surface area is 302 Å². The van der Waals surface area contributed by atoms with E-state index in [4.69, 9.17) is 36.3 Å². The zero-order valence-electron chi connectivity index (χ0n) is 29.1. The van der Waals surface area contributed by atoms with Crippen molar-refractivity contribution in [2.24, 2.45) is 10.1 Å². The SMILES string of the molecule is Cc1sc2c(c1C)C(c1ccc(Cl)cc1)=NC(CC(=O)NCCCN1CCN(CCOCCOCCOCCN=[N+]=[N-])CC1)c1nnc(C)n1-2. The van der Waals surface area contributed by atoms with E-state index in [1.807, 2.05) is 31.2 Å². The molecular weight excluding hydrogens is 680 g/mol. The van der Waals surface area contributed by atoms with Gasteiger partial charge in [-0.15, -0.1) is 21.5 Å². The molecule has 1 saturated heterocycles. The molecule has 1 aromatic carbocycles. The van der Waals surface area contributed by atoms with Gasteiger partial charge in [-0.1, -0.05) is 28.8 Å². The molecular formula is C34H47ClN10O4S. The lowest BCUT2D eigenvalue weighted by Crippen LogP contribution is -2.47. The molecule has 1 atom stereocenters. The average molecular weight is 727 g/mol. The monoisotopic (exact) mass is 726 g/mol. The van der Waals surface area contributed by atoms with E-state index in [9.17, 15) is 4.79 Å². The number of carbonyl (C=O) groups is 1. The first-order valence-electron chi connectivity index (χ1n) is 17.2. The number of ether oxygens (including phenoxy) is 3. The van der Waals surface area contributed by atoms with E-state index in [0.29, 0.717) is 63.6 Å². The summed E-state index contributed by atoms with van der Waals surface area (Å²) < 4.78 is 18.6. The number of rotatable bonds is 19. The standard InChI is InChI=1S/C34H47ClN10O4S/c1-24-25(2)50-34-31(24)32(27-5-7-28(35)8-6-27)39-29(33-41-40-26(3)45(33)34)23-30(46)37-9-4-11-43-12-14-44(15-13-43)16-18-48-20-22-49-21-19-47-17-10-38-42-36/h5-8,29H,4,9-23H2,1-3H3,(H,37,46). The molecule has 5 rings (SSSR count). The van der Waals surface area contributed by atoms with Crippen molar-refractivity contribution in [3.05, 3.63) is 72.9 Å². The molecule has 1 fully saturated rings. The number of benzene rings is 1. The Balaban J connectivity index is 1.02. The number of nitrogens with one attached hydrogen (secondary N) is 1. The molecule has 270 valence electrons. The minimum absolute atomic E-state index is 0.0506. The van der Waals surface area contributed by atoms with Crippen molar-refractivity contribution >= 4 is 34.6 Å². The largest absolute Gasteiger partial charge is 0.379 e. The number of amides is 1. The fraction of sp³-hybridized carbons (Fsp3) is 0.588. The summed E-state index contributed by atoms with van der Waals surface area (Å²) in [6.45, 7) is 16.1. The van der Waals surface area contributed by atoms with Gasteiger partial charge in [-0.2, -0.15) is 0 Å². The van der Waals surface area contributed by atoms with Gasteiger partial charge in [-0.05, 0) is 57.0 Å². The normalized spacial score (nSPS) is 16.3.